The van der Waals surface area contributed by atoms with Gasteiger partial charge >= 0.3 is 6.18 Å². The van der Waals surface area contributed by atoms with Crippen LogP contribution >= 0.6 is 0 Å². The van der Waals surface area contributed by atoms with E-state index in [1.165, 1.54) is 18.5 Å². The van der Waals surface area contributed by atoms with Crippen molar-refractivity contribution in [3.63, 3.8) is 0 Å². The molecule has 2 heterocycles. The van der Waals surface area contributed by atoms with Gasteiger partial charge in [0.1, 0.15) is 6.33 Å². The number of carbonyl (C=O) groups excluding carboxylic acids is 1. The maximum Gasteiger partial charge on any atom is 0.416 e. The van der Waals surface area contributed by atoms with Crippen LogP contribution in [0.4, 0.5) is 18.9 Å². The predicted octanol–water partition coefficient (Wildman–Crippen LogP) is 5.88. The molecular weight excluding hydrogens is 521 g/mol. The molecule has 1 amide bonds. The molecule has 208 valence electrons. The van der Waals surface area contributed by atoms with Crippen molar-refractivity contribution in [3.8, 4) is 22.8 Å². The summed E-state index contributed by atoms with van der Waals surface area (Å²) in [4.78, 5) is 21.4. The molecule has 1 atom stereocenters. The van der Waals surface area contributed by atoms with Gasteiger partial charge in [0.2, 0.25) is 5.91 Å². The first-order valence-corrected chi connectivity index (χ1v) is 13.0. The summed E-state index contributed by atoms with van der Waals surface area (Å²) in [7, 11) is 1.60. The van der Waals surface area contributed by atoms with E-state index in [4.69, 9.17) is 9.47 Å². The van der Waals surface area contributed by atoms with Gasteiger partial charge in [0.05, 0.1) is 36.9 Å². The number of amides is 1. The first-order valence-electron chi connectivity index (χ1n) is 13.0. The molecule has 1 fully saturated rings. The molecule has 1 aliphatic rings. The minimum Gasteiger partial charge on any atom is -0.493 e. The number of rotatable bonds is 8. The number of aromatic nitrogens is 2. The van der Waals surface area contributed by atoms with Crippen LogP contribution in [0, 0.1) is 5.92 Å². The molecule has 0 unspecified atom stereocenters. The molecule has 2 N–H and O–H groups in total. The summed E-state index contributed by atoms with van der Waals surface area (Å²) in [6.45, 7) is 2.58. The predicted molar refractivity (Wildman–Crippen MR) is 146 cm³/mol. The lowest BCUT2D eigenvalue weighted by molar-refractivity contribution is -0.137. The summed E-state index contributed by atoms with van der Waals surface area (Å²) < 4.78 is 50.0. The van der Waals surface area contributed by atoms with Crippen molar-refractivity contribution >= 4 is 22.5 Å². The second-order valence-electron chi connectivity index (χ2n) is 9.76. The molecule has 7 nitrogen and oxygen atoms in total. The summed E-state index contributed by atoms with van der Waals surface area (Å²) in [5.41, 5.74) is 2.54. The van der Waals surface area contributed by atoms with Crippen LogP contribution in [0.5, 0.6) is 11.5 Å². The maximum absolute atomic E-state index is 12.8. The van der Waals surface area contributed by atoms with Crippen molar-refractivity contribution in [2.24, 2.45) is 5.92 Å². The summed E-state index contributed by atoms with van der Waals surface area (Å²) >= 11 is 0. The van der Waals surface area contributed by atoms with Gasteiger partial charge in [-0.1, -0.05) is 24.3 Å². The summed E-state index contributed by atoms with van der Waals surface area (Å²) in [5.74, 6) is 1.35. The number of nitrogens with zero attached hydrogens (tertiary/aromatic N) is 2. The van der Waals surface area contributed by atoms with Crippen LogP contribution < -0.4 is 20.1 Å². The molecule has 0 aliphatic carbocycles. The number of halogens is 3. The second kappa shape index (κ2) is 11.9. The maximum atomic E-state index is 12.8. The van der Waals surface area contributed by atoms with Crippen molar-refractivity contribution in [1.29, 1.82) is 0 Å². The minimum atomic E-state index is -4.41. The molecule has 3 aromatic carbocycles. The summed E-state index contributed by atoms with van der Waals surface area (Å²) in [6, 6.07) is 15.5. The Kier molecular flexibility index (Phi) is 8.16. The molecule has 1 aromatic heterocycles. The molecule has 0 bridgehead atoms. The van der Waals surface area contributed by atoms with Gasteiger partial charge in [-0.3, -0.25) is 4.79 Å². The van der Waals surface area contributed by atoms with Crippen LogP contribution in [0.3, 0.4) is 0 Å². The number of fused-ring (bicyclic) bond motifs is 1. The van der Waals surface area contributed by atoms with Crippen LogP contribution in [0.2, 0.25) is 0 Å². The Morgan fingerprint density at radius 1 is 1.05 bits per heavy atom. The fourth-order valence-corrected chi connectivity index (χ4v) is 4.75. The van der Waals surface area contributed by atoms with E-state index in [0.29, 0.717) is 41.0 Å². The number of methoxy groups -OCH3 is 1. The molecular formula is C30H29F3N4O3. The zero-order valence-corrected chi connectivity index (χ0v) is 21.9. The van der Waals surface area contributed by atoms with Crippen molar-refractivity contribution in [2.75, 3.05) is 32.1 Å². The van der Waals surface area contributed by atoms with E-state index in [9.17, 15) is 18.0 Å². The third-order valence-corrected chi connectivity index (χ3v) is 6.88. The monoisotopic (exact) mass is 550 g/mol. The first kappa shape index (κ1) is 27.4. The lowest BCUT2D eigenvalue weighted by atomic mass is 10.0. The minimum absolute atomic E-state index is 0.0438. The Hall–Kier alpha value is -4.18. The van der Waals surface area contributed by atoms with Crippen LogP contribution in [-0.2, 0) is 17.4 Å². The van der Waals surface area contributed by atoms with E-state index in [2.05, 4.69) is 20.6 Å². The number of ether oxygens (including phenoxy) is 2. The van der Waals surface area contributed by atoms with Crippen molar-refractivity contribution in [3.05, 3.63) is 78.1 Å². The Balaban J connectivity index is 1.28. The van der Waals surface area contributed by atoms with E-state index >= 15 is 0 Å². The molecule has 0 radical (unpaired) electrons. The number of anilines is 1. The highest BCUT2D eigenvalue weighted by atomic mass is 19.4. The van der Waals surface area contributed by atoms with E-state index in [-0.39, 0.29) is 12.3 Å². The average Bonchev–Trinajstić information content (AvgIpc) is 2.96. The molecule has 10 heteroatoms. The summed E-state index contributed by atoms with van der Waals surface area (Å²) in [5, 5.41) is 6.98. The van der Waals surface area contributed by atoms with Gasteiger partial charge in [-0.05, 0) is 55.3 Å². The lowest BCUT2D eigenvalue weighted by Gasteiger charge is -2.23. The molecule has 1 aliphatic heterocycles. The molecule has 5 rings (SSSR count). The SMILES string of the molecule is COc1cc2c(-c3ccc(NC(=O)Cc4ccc(C(F)(F)F)cc4)cc3)ncnc2cc1OC[C@@H]1CCCNC1. The number of nitrogens with one attached hydrogen (secondary N) is 2. The van der Waals surface area contributed by atoms with Crippen molar-refractivity contribution in [1.82, 2.24) is 15.3 Å². The van der Waals surface area contributed by atoms with Crippen LogP contribution in [0.15, 0.2) is 67.0 Å². The fraction of sp³-hybridized carbons (Fsp3) is 0.300. The number of hydrogen-bond acceptors (Lipinski definition) is 6. The first-order chi connectivity index (χ1) is 19.3. The van der Waals surface area contributed by atoms with Gasteiger partial charge in [0.25, 0.3) is 0 Å². The van der Waals surface area contributed by atoms with Gasteiger partial charge in [-0.2, -0.15) is 13.2 Å². The van der Waals surface area contributed by atoms with E-state index in [1.807, 2.05) is 24.3 Å². The Labute approximate surface area is 229 Å². The van der Waals surface area contributed by atoms with Crippen LogP contribution in [0.25, 0.3) is 22.2 Å². The average molecular weight is 551 g/mol. The molecule has 1 saturated heterocycles. The number of carbonyl (C=O) groups is 1. The number of hydrogen-bond donors (Lipinski definition) is 2. The number of benzene rings is 3. The highest BCUT2D eigenvalue weighted by molar-refractivity contribution is 5.95. The normalized spacial score (nSPS) is 15.6. The lowest BCUT2D eigenvalue weighted by Crippen LogP contribution is -2.33. The van der Waals surface area contributed by atoms with Crippen LogP contribution in [0.1, 0.15) is 24.0 Å². The molecule has 4 aromatic rings. The van der Waals surface area contributed by atoms with Gasteiger partial charge < -0.3 is 20.1 Å². The standard InChI is InChI=1S/C30H29F3N4O3/c1-39-26-14-24-25(15-27(26)40-17-20-3-2-12-34-16-20)35-18-36-29(24)21-6-10-23(11-7-21)37-28(38)13-19-4-8-22(9-5-19)30(31,32)33/h4-11,14-15,18,20,34H,2-3,12-13,16-17H2,1H3,(H,37,38)/t20-/m1/s1. The highest BCUT2D eigenvalue weighted by Crippen LogP contribution is 2.36. The fourth-order valence-electron chi connectivity index (χ4n) is 4.75. The largest absolute Gasteiger partial charge is 0.493 e. The second-order valence-corrected chi connectivity index (χ2v) is 9.76. The Bertz CT molecular complexity index is 1470. The smallest absolute Gasteiger partial charge is 0.416 e. The van der Waals surface area contributed by atoms with E-state index < -0.39 is 11.7 Å². The topological polar surface area (TPSA) is 85.4 Å². The van der Waals surface area contributed by atoms with Gasteiger partial charge in [-0.25, -0.2) is 9.97 Å². The zero-order chi connectivity index (χ0) is 28.1. The molecule has 0 spiro atoms. The number of piperidine rings is 1. The van der Waals surface area contributed by atoms with Gasteiger partial charge in [-0.15, -0.1) is 0 Å². The molecule has 40 heavy (non-hydrogen) atoms. The Morgan fingerprint density at radius 2 is 1.82 bits per heavy atom. The van der Waals surface area contributed by atoms with E-state index in [0.717, 1.165) is 54.5 Å². The zero-order valence-electron chi connectivity index (χ0n) is 21.9. The summed E-state index contributed by atoms with van der Waals surface area (Å²) in [6.07, 6.45) is -0.691. The van der Waals surface area contributed by atoms with Gasteiger partial charge in [0, 0.05) is 35.2 Å². The van der Waals surface area contributed by atoms with Crippen molar-refractivity contribution < 1.29 is 27.4 Å². The van der Waals surface area contributed by atoms with E-state index in [1.54, 1.807) is 19.2 Å². The third-order valence-electron chi connectivity index (χ3n) is 6.88. The van der Waals surface area contributed by atoms with Crippen LogP contribution in [-0.4, -0.2) is 42.7 Å². The number of alkyl halides is 3. The quantitative estimate of drug-likeness (QED) is 0.285. The Morgan fingerprint density at radius 3 is 2.50 bits per heavy atom. The van der Waals surface area contributed by atoms with Gasteiger partial charge in [0.15, 0.2) is 11.5 Å². The third kappa shape index (κ3) is 6.51. The molecule has 0 saturated carbocycles. The highest BCUT2D eigenvalue weighted by Gasteiger charge is 2.30. The van der Waals surface area contributed by atoms with Crippen molar-refractivity contribution in [2.45, 2.75) is 25.4 Å².